The summed E-state index contributed by atoms with van der Waals surface area (Å²) in [7, 11) is 0. The Labute approximate surface area is 201 Å². The minimum absolute atomic E-state index is 0.143. The molecule has 2 aromatic carbocycles. The Morgan fingerprint density at radius 2 is 1.23 bits per heavy atom. The van der Waals surface area contributed by atoms with Gasteiger partial charge in [-0.3, -0.25) is 19.2 Å². The maximum absolute atomic E-state index is 13.3. The first-order chi connectivity index (χ1) is 16.7. The van der Waals surface area contributed by atoms with Crippen molar-refractivity contribution in [3.05, 3.63) is 59.7 Å². The highest BCUT2D eigenvalue weighted by Crippen LogP contribution is 2.59. The lowest BCUT2D eigenvalue weighted by atomic mass is 9.67. The molecule has 0 saturated heterocycles. The molecule has 2 bridgehead atoms. The number of fused-ring (bicyclic) bond motifs is 2. The summed E-state index contributed by atoms with van der Waals surface area (Å²) in [6.45, 7) is 0. The van der Waals surface area contributed by atoms with E-state index in [9.17, 15) is 29.4 Å². The molecule has 4 N–H and O–H groups in total. The third-order valence-electron chi connectivity index (χ3n) is 6.95. The van der Waals surface area contributed by atoms with Gasteiger partial charge in [-0.2, -0.15) is 0 Å². The van der Waals surface area contributed by atoms with Crippen molar-refractivity contribution in [2.45, 2.75) is 6.42 Å². The average molecular weight is 470 g/mol. The van der Waals surface area contributed by atoms with Gasteiger partial charge >= 0.3 is 11.9 Å². The lowest BCUT2D eigenvalue weighted by Gasteiger charge is -2.36. The van der Waals surface area contributed by atoms with E-state index >= 15 is 0 Å². The Hall–Kier alpha value is -4.56. The van der Waals surface area contributed by atoms with E-state index in [1.54, 1.807) is 48.5 Å². The minimum Gasteiger partial charge on any atom is -0.481 e. The van der Waals surface area contributed by atoms with Crippen LogP contribution in [0.3, 0.4) is 0 Å². The number of rotatable bonds is 6. The standard InChI is InChI=1S/C27H22N2O6/c1-3-14-8-10-16(11-9-14)28-24(30)20-18-13-19(22(20)26(32)33)23(27(34)35)21(18)25(31)29-17-7-5-6-15(4-2)12-17/h1-2,5-12,18-23H,13H2,(H,28,30)(H,29,31)(H,32,33)(H,34,35). The van der Waals surface area contributed by atoms with Crippen LogP contribution in [0.1, 0.15) is 17.5 Å². The summed E-state index contributed by atoms with van der Waals surface area (Å²) in [6.07, 6.45) is 10.9. The Morgan fingerprint density at radius 3 is 1.74 bits per heavy atom. The van der Waals surface area contributed by atoms with Crippen molar-refractivity contribution in [2.75, 3.05) is 10.6 Å². The highest BCUT2D eigenvalue weighted by atomic mass is 16.4. The summed E-state index contributed by atoms with van der Waals surface area (Å²) in [5.74, 6) is -4.97. The van der Waals surface area contributed by atoms with Crippen molar-refractivity contribution in [3.8, 4) is 24.7 Å². The SMILES string of the molecule is C#Cc1ccc(NC(=O)C2C3CC(C2C(=O)O)C(C(=O)O)C3C(=O)Nc2cccc(C#C)c2)cc1. The normalized spacial score (nSPS) is 26.2. The van der Waals surface area contributed by atoms with Crippen molar-refractivity contribution in [2.24, 2.45) is 35.5 Å². The summed E-state index contributed by atoms with van der Waals surface area (Å²) < 4.78 is 0. The van der Waals surface area contributed by atoms with Crippen LogP contribution in [-0.2, 0) is 19.2 Å². The molecule has 8 heteroatoms. The summed E-state index contributed by atoms with van der Waals surface area (Å²) in [5.41, 5.74) is 1.95. The van der Waals surface area contributed by atoms with E-state index in [1.165, 1.54) is 0 Å². The van der Waals surface area contributed by atoms with E-state index in [0.29, 0.717) is 22.5 Å². The van der Waals surface area contributed by atoms with E-state index < -0.39 is 59.3 Å². The minimum atomic E-state index is -1.26. The number of carboxylic acid groups (broad SMARTS) is 2. The number of aliphatic carboxylic acids is 2. The first kappa shape index (κ1) is 23.6. The molecule has 4 rings (SSSR count). The van der Waals surface area contributed by atoms with Gasteiger partial charge < -0.3 is 20.8 Å². The molecule has 2 aliphatic carbocycles. The molecule has 0 heterocycles. The lowest BCUT2D eigenvalue weighted by Crippen LogP contribution is -2.49. The Balaban J connectivity index is 1.63. The van der Waals surface area contributed by atoms with E-state index in [0.717, 1.165) is 0 Å². The Bertz CT molecular complexity index is 1290. The van der Waals surface area contributed by atoms with E-state index in [-0.39, 0.29) is 6.42 Å². The van der Waals surface area contributed by atoms with E-state index in [1.807, 2.05) is 0 Å². The fraction of sp³-hybridized carbons (Fsp3) is 0.259. The van der Waals surface area contributed by atoms with Gasteiger partial charge in [-0.25, -0.2) is 0 Å². The second kappa shape index (κ2) is 9.36. The van der Waals surface area contributed by atoms with Crippen LogP contribution < -0.4 is 10.6 Å². The van der Waals surface area contributed by atoms with Crippen LogP contribution in [0.5, 0.6) is 0 Å². The molecular formula is C27H22N2O6. The molecule has 0 spiro atoms. The second-order valence-corrected chi connectivity index (χ2v) is 8.77. The predicted octanol–water partition coefficient (Wildman–Crippen LogP) is 2.51. The number of anilines is 2. The quantitative estimate of drug-likeness (QED) is 0.480. The smallest absolute Gasteiger partial charge is 0.307 e. The maximum Gasteiger partial charge on any atom is 0.307 e. The van der Waals surface area contributed by atoms with Gasteiger partial charge in [-0.05, 0) is 60.7 Å². The number of hydrogen-bond acceptors (Lipinski definition) is 4. The first-order valence-corrected chi connectivity index (χ1v) is 11.0. The molecule has 6 atom stereocenters. The van der Waals surface area contributed by atoms with E-state index in [4.69, 9.17) is 12.8 Å². The number of carbonyl (C=O) groups excluding carboxylic acids is 2. The summed E-state index contributed by atoms with van der Waals surface area (Å²) in [6, 6.07) is 13.0. The van der Waals surface area contributed by atoms with Crippen molar-refractivity contribution < 1.29 is 29.4 Å². The summed E-state index contributed by atoms with van der Waals surface area (Å²) in [4.78, 5) is 50.8. The van der Waals surface area contributed by atoms with Crippen LogP contribution >= 0.6 is 0 Å². The zero-order valence-corrected chi connectivity index (χ0v) is 18.5. The molecule has 0 aliphatic heterocycles. The topological polar surface area (TPSA) is 133 Å². The molecule has 6 unspecified atom stereocenters. The number of benzene rings is 2. The zero-order chi connectivity index (χ0) is 25.3. The average Bonchev–Trinajstić information content (AvgIpc) is 3.41. The molecule has 2 aliphatic rings. The second-order valence-electron chi connectivity index (χ2n) is 8.77. The van der Waals surface area contributed by atoms with Crippen LogP contribution in [0.4, 0.5) is 11.4 Å². The first-order valence-electron chi connectivity index (χ1n) is 11.0. The number of terminal acetylenes is 2. The van der Waals surface area contributed by atoms with Gasteiger partial charge in [-0.15, -0.1) is 12.8 Å². The molecule has 0 aromatic heterocycles. The molecule has 2 fully saturated rings. The van der Waals surface area contributed by atoms with Gasteiger partial charge in [0.25, 0.3) is 0 Å². The number of carboxylic acids is 2. The van der Waals surface area contributed by atoms with Crippen molar-refractivity contribution in [1.29, 1.82) is 0 Å². The molecular weight excluding hydrogens is 448 g/mol. The van der Waals surface area contributed by atoms with Gasteiger partial charge in [0, 0.05) is 22.5 Å². The number of carbonyl (C=O) groups is 4. The predicted molar refractivity (Wildman–Crippen MR) is 127 cm³/mol. The number of amides is 2. The van der Waals surface area contributed by atoms with E-state index in [2.05, 4.69) is 22.5 Å². The Kier molecular flexibility index (Phi) is 6.31. The van der Waals surface area contributed by atoms with Gasteiger partial charge in [-0.1, -0.05) is 17.9 Å². The third-order valence-corrected chi connectivity index (χ3v) is 6.95. The van der Waals surface area contributed by atoms with Gasteiger partial charge in [0.2, 0.25) is 11.8 Å². The van der Waals surface area contributed by atoms with Crippen LogP contribution in [0, 0.1) is 60.2 Å². The molecule has 0 radical (unpaired) electrons. The van der Waals surface area contributed by atoms with Crippen molar-refractivity contribution in [1.82, 2.24) is 0 Å². The van der Waals surface area contributed by atoms with Crippen molar-refractivity contribution in [3.63, 3.8) is 0 Å². The summed E-state index contributed by atoms with van der Waals surface area (Å²) in [5, 5.41) is 25.2. The Morgan fingerprint density at radius 1 is 0.714 bits per heavy atom. The largest absolute Gasteiger partial charge is 0.481 e. The maximum atomic E-state index is 13.3. The molecule has 176 valence electrons. The summed E-state index contributed by atoms with van der Waals surface area (Å²) >= 11 is 0. The molecule has 2 saturated carbocycles. The van der Waals surface area contributed by atoms with Gasteiger partial charge in [0.15, 0.2) is 0 Å². The molecule has 35 heavy (non-hydrogen) atoms. The fourth-order valence-corrected chi connectivity index (χ4v) is 5.59. The van der Waals surface area contributed by atoms with Crippen LogP contribution in [0.15, 0.2) is 48.5 Å². The molecule has 8 nitrogen and oxygen atoms in total. The lowest BCUT2D eigenvalue weighted by molar-refractivity contribution is -0.159. The third kappa shape index (κ3) is 4.34. The molecule has 2 aromatic rings. The highest BCUT2D eigenvalue weighted by molar-refractivity contribution is 6.00. The molecule has 2 amide bonds. The van der Waals surface area contributed by atoms with Gasteiger partial charge in [0.1, 0.15) is 0 Å². The fourth-order valence-electron chi connectivity index (χ4n) is 5.59. The van der Waals surface area contributed by atoms with Crippen LogP contribution in [-0.4, -0.2) is 34.0 Å². The number of nitrogens with one attached hydrogen (secondary N) is 2. The van der Waals surface area contributed by atoms with Gasteiger partial charge in [0.05, 0.1) is 23.7 Å². The van der Waals surface area contributed by atoms with Crippen molar-refractivity contribution >= 4 is 35.1 Å². The van der Waals surface area contributed by atoms with Crippen LogP contribution in [0.25, 0.3) is 0 Å². The monoisotopic (exact) mass is 470 g/mol. The highest BCUT2D eigenvalue weighted by Gasteiger charge is 2.66. The van der Waals surface area contributed by atoms with Crippen LogP contribution in [0.2, 0.25) is 0 Å². The zero-order valence-electron chi connectivity index (χ0n) is 18.5. The number of hydrogen-bond donors (Lipinski definition) is 4.